The largest absolute Gasteiger partial charge is 0.398 e. The Morgan fingerprint density at radius 3 is 3.05 bits per heavy atom. The predicted molar refractivity (Wildman–Crippen MR) is 82.8 cm³/mol. The van der Waals surface area contributed by atoms with Gasteiger partial charge in [-0.25, -0.2) is 0 Å². The molecule has 6 nitrogen and oxygen atoms in total. The van der Waals surface area contributed by atoms with Crippen molar-refractivity contribution in [2.24, 2.45) is 0 Å². The van der Waals surface area contributed by atoms with Crippen LogP contribution in [0.15, 0.2) is 22.7 Å². The van der Waals surface area contributed by atoms with Crippen molar-refractivity contribution < 1.29 is 4.79 Å². The van der Waals surface area contributed by atoms with Crippen molar-refractivity contribution in [1.82, 2.24) is 20.1 Å². The van der Waals surface area contributed by atoms with Gasteiger partial charge >= 0.3 is 0 Å². The summed E-state index contributed by atoms with van der Waals surface area (Å²) >= 11 is 3.32. The molecule has 0 fully saturated rings. The maximum Gasteiger partial charge on any atom is 0.251 e. The van der Waals surface area contributed by atoms with Crippen molar-refractivity contribution in [1.29, 1.82) is 0 Å². The summed E-state index contributed by atoms with van der Waals surface area (Å²) in [5.74, 6) is 1.64. The second kappa shape index (κ2) is 5.48. The average molecular weight is 350 g/mol. The number of nitrogens with zero attached hydrogens (tertiary/aromatic N) is 3. The molecule has 1 atom stereocenters. The standard InChI is InChI=1S/C14H16BrN5O/c1-8(13-19-18-12-3-2-6-20(12)13)17-14(21)9-4-5-10(15)11(16)7-9/h4-5,7-8H,2-3,6,16H2,1H3,(H,17,21). The van der Waals surface area contributed by atoms with E-state index in [0.717, 1.165) is 35.5 Å². The molecular formula is C14H16BrN5O. The Morgan fingerprint density at radius 1 is 1.48 bits per heavy atom. The van der Waals surface area contributed by atoms with E-state index in [1.54, 1.807) is 18.2 Å². The number of hydrogen-bond donors (Lipinski definition) is 2. The van der Waals surface area contributed by atoms with Gasteiger partial charge in [0.25, 0.3) is 5.91 Å². The van der Waals surface area contributed by atoms with Gasteiger partial charge in [0.15, 0.2) is 5.82 Å². The number of halogens is 1. The number of aromatic nitrogens is 3. The van der Waals surface area contributed by atoms with Crippen LogP contribution in [-0.2, 0) is 13.0 Å². The van der Waals surface area contributed by atoms with Gasteiger partial charge in [-0.15, -0.1) is 10.2 Å². The fraction of sp³-hybridized carbons (Fsp3) is 0.357. The molecule has 1 amide bonds. The summed E-state index contributed by atoms with van der Waals surface area (Å²) in [4.78, 5) is 12.3. The molecule has 0 aliphatic carbocycles. The molecular weight excluding hydrogens is 334 g/mol. The van der Waals surface area contributed by atoms with Gasteiger partial charge in [-0.05, 0) is 47.5 Å². The maximum absolute atomic E-state index is 12.3. The normalized spacial score (nSPS) is 14.8. The van der Waals surface area contributed by atoms with Crippen LogP contribution in [0.2, 0.25) is 0 Å². The monoisotopic (exact) mass is 349 g/mol. The minimum atomic E-state index is -0.193. The third-order valence-corrected chi connectivity index (χ3v) is 4.35. The van der Waals surface area contributed by atoms with E-state index >= 15 is 0 Å². The molecule has 1 unspecified atom stereocenters. The van der Waals surface area contributed by atoms with Crippen LogP contribution in [0, 0.1) is 0 Å². The van der Waals surface area contributed by atoms with Gasteiger partial charge in [-0.1, -0.05) is 0 Å². The summed E-state index contributed by atoms with van der Waals surface area (Å²) in [7, 11) is 0. The molecule has 0 spiro atoms. The van der Waals surface area contributed by atoms with E-state index in [9.17, 15) is 4.79 Å². The van der Waals surface area contributed by atoms with E-state index in [1.165, 1.54) is 0 Å². The number of anilines is 1. The molecule has 21 heavy (non-hydrogen) atoms. The summed E-state index contributed by atoms with van der Waals surface area (Å²) in [5, 5.41) is 11.3. The predicted octanol–water partition coefficient (Wildman–Crippen LogP) is 2.06. The molecule has 7 heteroatoms. The molecule has 1 aliphatic rings. The number of aryl methyl sites for hydroxylation is 1. The quantitative estimate of drug-likeness (QED) is 0.830. The fourth-order valence-corrected chi connectivity index (χ4v) is 2.77. The highest BCUT2D eigenvalue weighted by molar-refractivity contribution is 9.10. The van der Waals surface area contributed by atoms with Crippen LogP contribution in [-0.4, -0.2) is 20.7 Å². The number of nitrogen functional groups attached to an aromatic ring is 1. The molecule has 1 aromatic carbocycles. The Labute approximate surface area is 130 Å². The molecule has 110 valence electrons. The average Bonchev–Trinajstić information content (AvgIpc) is 3.04. The number of rotatable bonds is 3. The Balaban J connectivity index is 1.76. The molecule has 0 saturated carbocycles. The smallest absolute Gasteiger partial charge is 0.251 e. The van der Waals surface area contributed by atoms with Crippen molar-refractivity contribution in [3.05, 3.63) is 39.9 Å². The van der Waals surface area contributed by atoms with E-state index in [0.29, 0.717) is 11.3 Å². The zero-order valence-electron chi connectivity index (χ0n) is 11.6. The van der Waals surface area contributed by atoms with Crippen LogP contribution in [0.25, 0.3) is 0 Å². The van der Waals surface area contributed by atoms with Crippen LogP contribution in [0.1, 0.15) is 41.4 Å². The minimum Gasteiger partial charge on any atom is -0.398 e. The summed E-state index contributed by atoms with van der Waals surface area (Å²) in [6, 6.07) is 4.96. The molecule has 2 heterocycles. The molecule has 3 N–H and O–H groups in total. The first-order chi connectivity index (χ1) is 10.1. The van der Waals surface area contributed by atoms with Crippen LogP contribution in [0.5, 0.6) is 0 Å². The number of amides is 1. The van der Waals surface area contributed by atoms with Gasteiger partial charge in [-0.2, -0.15) is 0 Å². The van der Waals surface area contributed by atoms with Crippen molar-refractivity contribution >= 4 is 27.5 Å². The van der Waals surface area contributed by atoms with Crippen molar-refractivity contribution in [2.45, 2.75) is 32.4 Å². The topological polar surface area (TPSA) is 85.8 Å². The summed E-state index contributed by atoms with van der Waals surface area (Å²) in [5.41, 5.74) is 6.88. The Hall–Kier alpha value is -1.89. The van der Waals surface area contributed by atoms with E-state index in [2.05, 4.69) is 36.0 Å². The molecule has 1 aromatic heterocycles. The zero-order chi connectivity index (χ0) is 15.0. The van der Waals surface area contributed by atoms with Gasteiger partial charge in [0.2, 0.25) is 0 Å². The Morgan fingerprint density at radius 2 is 2.29 bits per heavy atom. The second-order valence-corrected chi connectivity index (χ2v) is 6.02. The van der Waals surface area contributed by atoms with Gasteiger partial charge in [0.05, 0.1) is 6.04 Å². The first-order valence-corrected chi connectivity index (χ1v) is 7.63. The van der Waals surface area contributed by atoms with Gasteiger partial charge < -0.3 is 15.6 Å². The molecule has 0 bridgehead atoms. The summed E-state index contributed by atoms with van der Waals surface area (Å²) in [6.45, 7) is 2.83. The number of nitrogens with two attached hydrogens (primary N) is 1. The lowest BCUT2D eigenvalue weighted by Crippen LogP contribution is -2.28. The molecule has 3 rings (SSSR count). The van der Waals surface area contributed by atoms with Crippen LogP contribution in [0.3, 0.4) is 0 Å². The molecule has 1 aliphatic heterocycles. The SMILES string of the molecule is CC(NC(=O)c1ccc(Br)c(N)c1)c1nnc2n1CCC2. The van der Waals surface area contributed by atoms with Gasteiger partial charge in [0, 0.05) is 28.7 Å². The van der Waals surface area contributed by atoms with Crippen LogP contribution in [0.4, 0.5) is 5.69 Å². The summed E-state index contributed by atoms with van der Waals surface area (Å²) in [6.07, 6.45) is 2.04. The number of nitrogens with one attached hydrogen (secondary N) is 1. The molecule has 0 saturated heterocycles. The molecule has 2 aromatic rings. The molecule has 0 radical (unpaired) electrons. The fourth-order valence-electron chi connectivity index (χ4n) is 2.52. The highest BCUT2D eigenvalue weighted by Gasteiger charge is 2.22. The highest BCUT2D eigenvalue weighted by atomic mass is 79.9. The second-order valence-electron chi connectivity index (χ2n) is 5.16. The van der Waals surface area contributed by atoms with E-state index in [4.69, 9.17) is 5.73 Å². The van der Waals surface area contributed by atoms with Crippen molar-refractivity contribution in [3.63, 3.8) is 0 Å². The lowest BCUT2D eigenvalue weighted by Gasteiger charge is -2.14. The van der Waals surface area contributed by atoms with E-state index in [-0.39, 0.29) is 11.9 Å². The van der Waals surface area contributed by atoms with Crippen molar-refractivity contribution in [3.8, 4) is 0 Å². The minimum absolute atomic E-state index is 0.169. The first kappa shape index (κ1) is 14.1. The van der Waals surface area contributed by atoms with Gasteiger partial charge in [0.1, 0.15) is 5.82 Å². The maximum atomic E-state index is 12.3. The van der Waals surface area contributed by atoms with Crippen LogP contribution < -0.4 is 11.1 Å². The summed E-state index contributed by atoms with van der Waals surface area (Å²) < 4.78 is 2.86. The number of carbonyl (C=O) groups excluding carboxylic acids is 1. The van der Waals surface area contributed by atoms with Gasteiger partial charge in [-0.3, -0.25) is 4.79 Å². The third kappa shape index (κ3) is 2.65. The highest BCUT2D eigenvalue weighted by Crippen LogP contribution is 2.22. The number of fused-ring (bicyclic) bond motifs is 1. The van der Waals surface area contributed by atoms with E-state index in [1.807, 2.05) is 6.92 Å². The Kier molecular flexibility index (Phi) is 3.67. The van der Waals surface area contributed by atoms with E-state index < -0.39 is 0 Å². The van der Waals surface area contributed by atoms with Crippen LogP contribution >= 0.6 is 15.9 Å². The number of hydrogen-bond acceptors (Lipinski definition) is 4. The lowest BCUT2D eigenvalue weighted by atomic mass is 10.1. The lowest BCUT2D eigenvalue weighted by molar-refractivity contribution is 0.0937. The zero-order valence-corrected chi connectivity index (χ0v) is 13.2. The third-order valence-electron chi connectivity index (χ3n) is 3.63. The van der Waals surface area contributed by atoms with Crippen molar-refractivity contribution in [2.75, 3.05) is 5.73 Å². The number of benzene rings is 1. The number of carbonyl (C=O) groups is 1. The first-order valence-electron chi connectivity index (χ1n) is 6.84. The Bertz CT molecular complexity index is 697.